The van der Waals surface area contributed by atoms with Gasteiger partial charge in [0.25, 0.3) is 0 Å². The lowest BCUT2D eigenvalue weighted by molar-refractivity contribution is 0.210. The number of aromatic amines is 2. The Hall–Kier alpha value is -3.06. The van der Waals surface area contributed by atoms with Crippen LogP contribution >= 0.6 is 0 Å². The monoisotopic (exact) mass is 350 g/mol. The van der Waals surface area contributed by atoms with Crippen molar-refractivity contribution in [2.75, 3.05) is 37.4 Å². The zero-order valence-corrected chi connectivity index (χ0v) is 14.7. The van der Waals surface area contributed by atoms with Gasteiger partial charge in [0.1, 0.15) is 5.52 Å². The Morgan fingerprint density at radius 2 is 1.96 bits per heavy atom. The number of hydrogen-bond acceptors (Lipinski definition) is 5. The summed E-state index contributed by atoms with van der Waals surface area (Å²) in [6.45, 7) is 2.07. The lowest BCUT2D eigenvalue weighted by atomic mass is 10.1. The van der Waals surface area contributed by atoms with Gasteiger partial charge >= 0.3 is 0 Å². The van der Waals surface area contributed by atoms with Crippen molar-refractivity contribution in [1.82, 2.24) is 19.9 Å². The summed E-state index contributed by atoms with van der Waals surface area (Å²) in [6, 6.07) is 10.3. The quantitative estimate of drug-likeness (QED) is 0.367. The van der Waals surface area contributed by atoms with Gasteiger partial charge in [0, 0.05) is 43.5 Å². The van der Waals surface area contributed by atoms with Crippen molar-refractivity contribution in [3.63, 3.8) is 0 Å². The van der Waals surface area contributed by atoms with Crippen LogP contribution in [0.25, 0.3) is 21.9 Å². The molecular weight excluding hydrogens is 328 g/mol. The van der Waals surface area contributed by atoms with Gasteiger partial charge in [-0.15, -0.1) is 0 Å². The van der Waals surface area contributed by atoms with E-state index in [1.807, 2.05) is 18.3 Å². The fraction of sp³-hybridized carbons (Fsp3) is 0.263. The lowest BCUT2D eigenvalue weighted by Crippen LogP contribution is -2.12. The second-order valence-electron chi connectivity index (χ2n) is 6.09. The largest absolute Gasteiger partial charge is 0.383 e. The summed E-state index contributed by atoms with van der Waals surface area (Å²) in [6.07, 6.45) is 4.84. The van der Waals surface area contributed by atoms with E-state index >= 15 is 0 Å². The number of anilines is 2. The number of fused-ring (bicyclic) bond motifs is 2. The van der Waals surface area contributed by atoms with Crippen LogP contribution in [-0.4, -0.2) is 46.7 Å². The molecule has 4 aromatic rings. The highest BCUT2D eigenvalue weighted by Gasteiger charge is 2.09. The van der Waals surface area contributed by atoms with E-state index in [-0.39, 0.29) is 0 Å². The highest BCUT2D eigenvalue weighted by atomic mass is 16.5. The number of ether oxygens (including phenoxy) is 1. The average molecular weight is 350 g/mol. The first-order valence-electron chi connectivity index (χ1n) is 8.72. The summed E-state index contributed by atoms with van der Waals surface area (Å²) in [5, 5.41) is 7.89. The van der Waals surface area contributed by atoms with E-state index in [2.05, 4.69) is 55.0 Å². The summed E-state index contributed by atoms with van der Waals surface area (Å²) in [7, 11) is 1.68. The maximum Gasteiger partial charge on any atom is 0.225 e. The molecule has 0 amide bonds. The van der Waals surface area contributed by atoms with Crippen molar-refractivity contribution in [3.05, 3.63) is 48.3 Å². The normalized spacial score (nSPS) is 11.3. The molecule has 0 saturated heterocycles. The van der Waals surface area contributed by atoms with Crippen LogP contribution in [0.1, 0.15) is 5.56 Å². The molecule has 0 aliphatic heterocycles. The molecular formula is C19H22N6O. The van der Waals surface area contributed by atoms with Gasteiger partial charge in [0.15, 0.2) is 5.82 Å². The zero-order valence-electron chi connectivity index (χ0n) is 14.7. The molecule has 0 atom stereocenters. The number of hydrogen-bond donors (Lipinski definition) is 4. The minimum absolute atomic E-state index is 0.621. The predicted molar refractivity (Wildman–Crippen MR) is 105 cm³/mol. The molecule has 4 N–H and O–H groups in total. The van der Waals surface area contributed by atoms with Crippen molar-refractivity contribution in [1.29, 1.82) is 0 Å². The molecule has 0 aliphatic carbocycles. The van der Waals surface area contributed by atoms with Crippen molar-refractivity contribution >= 4 is 33.7 Å². The highest BCUT2D eigenvalue weighted by molar-refractivity contribution is 5.87. The predicted octanol–water partition coefficient (Wildman–Crippen LogP) is 3.15. The van der Waals surface area contributed by atoms with Crippen molar-refractivity contribution in [2.45, 2.75) is 6.42 Å². The van der Waals surface area contributed by atoms with Crippen molar-refractivity contribution in [3.8, 4) is 0 Å². The first kappa shape index (κ1) is 16.4. The van der Waals surface area contributed by atoms with Gasteiger partial charge in [0.2, 0.25) is 5.95 Å². The Kier molecular flexibility index (Phi) is 4.70. The van der Waals surface area contributed by atoms with Crippen LogP contribution in [0.2, 0.25) is 0 Å². The molecule has 26 heavy (non-hydrogen) atoms. The van der Waals surface area contributed by atoms with Gasteiger partial charge in [-0.25, -0.2) is 4.98 Å². The van der Waals surface area contributed by atoms with Gasteiger partial charge in [0.05, 0.1) is 12.1 Å². The van der Waals surface area contributed by atoms with E-state index in [1.54, 1.807) is 7.11 Å². The molecule has 0 saturated carbocycles. The smallest absolute Gasteiger partial charge is 0.225 e. The number of nitrogens with one attached hydrogen (secondary N) is 4. The van der Waals surface area contributed by atoms with Crippen LogP contribution in [0.4, 0.5) is 11.8 Å². The van der Waals surface area contributed by atoms with Crippen LogP contribution in [0.3, 0.4) is 0 Å². The Morgan fingerprint density at radius 3 is 2.88 bits per heavy atom. The summed E-state index contributed by atoms with van der Waals surface area (Å²) in [5.74, 6) is 1.41. The number of rotatable bonds is 8. The summed E-state index contributed by atoms with van der Waals surface area (Å²) < 4.78 is 5.09. The summed E-state index contributed by atoms with van der Waals surface area (Å²) >= 11 is 0. The summed E-state index contributed by atoms with van der Waals surface area (Å²) in [4.78, 5) is 15.7. The van der Waals surface area contributed by atoms with E-state index in [0.29, 0.717) is 19.1 Å². The van der Waals surface area contributed by atoms with Gasteiger partial charge in [-0.05, 0) is 24.1 Å². The maximum atomic E-state index is 5.09. The third kappa shape index (κ3) is 3.34. The first-order chi connectivity index (χ1) is 12.8. The number of methoxy groups -OCH3 is 1. The third-order valence-corrected chi connectivity index (χ3v) is 4.36. The second-order valence-corrected chi connectivity index (χ2v) is 6.09. The van der Waals surface area contributed by atoms with Gasteiger partial charge in [-0.2, -0.15) is 4.98 Å². The van der Waals surface area contributed by atoms with E-state index < -0.39 is 0 Å². The molecule has 7 heteroatoms. The molecule has 0 fully saturated rings. The average Bonchev–Trinajstić information content (AvgIpc) is 3.29. The van der Waals surface area contributed by atoms with Crippen LogP contribution in [0.5, 0.6) is 0 Å². The Bertz CT molecular complexity index is 1010. The molecule has 4 rings (SSSR count). The molecule has 1 aromatic carbocycles. The first-order valence-corrected chi connectivity index (χ1v) is 8.72. The summed E-state index contributed by atoms with van der Waals surface area (Å²) in [5.41, 5.74) is 4.24. The van der Waals surface area contributed by atoms with Gasteiger partial charge in [-0.3, -0.25) is 0 Å². The van der Waals surface area contributed by atoms with Gasteiger partial charge < -0.3 is 25.3 Å². The molecule has 0 unspecified atom stereocenters. The topological polar surface area (TPSA) is 90.7 Å². The fourth-order valence-electron chi connectivity index (χ4n) is 3.07. The molecule has 3 aromatic heterocycles. The molecule has 7 nitrogen and oxygen atoms in total. The van der Waals surface area contributed by atoms with Crippen molar-refractivity contribution < 1.29 is 4.74 Å². The Balaban J connectivity index is 1.46. The minimum atomic E-state index is 0.621. The number of aromatic nitrogens is 4. The van der Waals surface area contributed by atoms with Crippen molar-refractivity contribution in [2.24, 2.45) is 0 Å². The highest BCUT2D eigenvalue weighted by Crippen LogP contribution is 2.21. The van der Waals surface area contributed by atoms with Crippen LogP contribution in [0, 0.1) is 0 Å². The number of nitrogens with zero attached hydrogens (tertiary/aromatic N) is 2. The lowest BCUT2D eigenvalue weighted by Gasteiger charge is -2.09. The van der Waals surface area contributed by atoms with E-state index in [1.165, 1.54) is 10.9 Å². The second kappa shape index (κ2) is 7.45. The fourth-order valence-corrected chi connectivity index (χ4v) is 3.07. The minimum Gasteiger partial charge on any atom is -0.383 e. The van der Waals surface area contributed by atoms with Crippen LogP contribution in [0.15, 0.2) is 42.7 Å². The molecule has 134 valence electrons. The number of para-hydroxylation sites is 1. The van der Waals surface area contributed by atoms with Crippen LogP contribution in [-0.2, 0) is 11.2 Å². The number of H-pyrrole nitrogens is 2. The SMILES string of the molecule is COCCNc1nc(NCCc2c[nH]c3ccccc23)nc2cc[nH]c12. The van der Waals surface area contributed by atoms with Gasteiger partial charge in [-0.1, -0.05) is 18.2 Å². The standard InChI is InChI=1S/C19H22N6O/c1-26-11-10-21-18-17-16(7-9-20-17)24-19(25-18)22-8-6-13-12-23-15-5-3-2-4-14(13)15/h2-5,7,9,12,20,23H,6,8,10-11H2,1H3,(H2,21,22,24,25). The van der Waals surface area contributed by atoms with Crippen LogP contribution < -0.4 is 10.6 Å². The zero-order chi connectivity index (χ0) is 17.8. The van der Waals surface area contributed by atoms with E-state index in [0.717, 1.165) is 35.3 Å². The molecule has 0 aliphatic rings. The Labute approximate surface area is 151 Å². The van der Waals surface area contributed by atoms with E-state index in [9.17, 15) is 0 Å². The van der Waals surface area contributed by atoms with E-state index in [4.69, 9.17) is 4.74 Å². The molecule has 0 radical (unpaired) electrons. The molecule has 0 bridgehead atoms. The maximum absolute atomic E-state index is 5.09. The molecule has 0 spiro atoms. The Morgan fingerprint density at radius 1 is 1.04 bits per heavy atom. The molecule has 3 heterocycles. The third-order valence-electron chi connectivity index (χ3n) is 4.36. The number of benzene rings is 1.